The summed E-state index contributed by atoms with van der Waals surface area (Å²) in [5, 5.41) is 1.96. The number of carbonyl (C=O) groups is 2. The Morgan fingerprint density at radius 3 is 1.92 bits per heavy atom. The van der Waals surface area contributed by atoms with Crippen molar-refractivity contribution in [3.8, 4) is 0 Å². The van der Waals surface area contributed by atoms with Gasteiger partial charge in [-0.3, -0.25) is 4.90 Å². The zero-order valence-corrected chi connectivity index (χ0v) is 26.0. The molecule has 2 aromatic rings. The first-order valence-corrected chi connectivity index (χ1v) is 15.7. The monoisotopic (exact) mass is 571 g/mol. The molecule has 0 aromatic heterocycles. The molecule has 1 aliphatic rings. The number of halogens is 1. The summed E-state index contributed by atoms with van der Waals surface area (Å²) in [6, 6.07) is 20.6. The van der Waals surface area contributed by atoms with Gasteiger partial charge in [0.1, 0.15) is 11.1 Å². The fourth-order valence-corrected chi connectivity index (χ4v) is 10.4. The highest BCUT2D eigenvalue weighted by Gasteiger charge is 2.59. The third kappa shape index (κ3) is 6.42. The van der Waals surface area contributed by atoms with Crippen LogP contribution >= 0.6 is 11.6 Å². The number of ether oxygens (including phenoxy) is 2. The Hall–Kier alpha value is -2.61. The van der Waals surface area contributed by atoms with Crippen LogP contribution in [0.15, 0.2) is 72.8 Å². The molecular weight excluding hydrogens is 530 g/mol. The van der Waals surface area contributed by atoms with Crippen LogP contribution in [0.2, 0.25) is 5.04 Å². The Morgan fingerprint density at radius 1 is 1.00 bits per heavy atom. The van der Waals surface area contributed by atoms with E-state index < -0.39 is 37.6 Å². The fourth-order valence-electron chi connectivity index (χ4n) is 5.60. The number of hydrogen-bond acceptors (Lipinski definition) is 5. The molecule has 212 valence electrons. The Kier molecular flexibility index (Phi) is 9.41. The second-order valence-electron chi connectivity index (χ2n) is 12.3. The number of carbonyl (C=O) groups excluding carboxylic acids is 2. The highest BCUT2D eigenvalue weighted by molar-refractivity contribution is 6.99. The Labute approximate surface area is 239 Å². The maximum atomic E-state index is 13.6. The number of likely N-dealkylation sites (tertiary alicyclic amines) is 1. The molecule has 8 heteroatoms. The minimum atomic E-state index is -2.96. The summed E-state index contributed by atoms with van der Waals surface area (Å²) in [7, 11) is -1.63. The first kappa shape index (κ1) is 30.9. The summed E-state index contributed by atoms with van der Waals surface area (Å²) in [5.41, 5.74) is -1.47. The molecule has 1 aliphatic heterocycles. The highest BCUT2D eigenvalue weighted by Crippen LogP contribution is 2.43. The minimum Gasteiger partial charge on any atom is -0.467 e. The van der Waals surface area contributed by atoms with Crippen molar-refractivity contribution in [2.24, 2.45) is 0 Å². The van der Waals surface area contributed by atoms with Gasteiger partial charge in [0.15, 0.2) is 0 Å². The molecule has 1 saturated heterocycles. The molecule has 1 fully saturated rings. The van der Waals surface area contributed by atoms with Crippen molar-refractivity contribution in [3.63, 3.8) is 0 Å². The van der Waals surface area contributed by atoms with Crippen molar-refractivity contribution in [2.75, 3.05) is 19.5 Å². The fraction of sp³-hybridized carbons (Fsp3) is 0.484. The number of rotatable bonds is 8. The SMILES string of the molecule is C=C(CCl)CC1(C(=O)OC)C[C@H](O[Si](c2ccccc2)(c2ccccc2)C(C)(C)C)CN1C(=O)OC(C)(C)C. The van der Waals surface area contributed by atoms with Crippen LogP contribution in [-0.4, -0.2) is 62.1 Å². The molecule has 2 aromatic carbocycles. The van der Waals surface area contributed by atoms with E-state index in [1.807, 2.05) is 36.4 Å². The van der Waals surface area contributed by atoms with E-state index in [0.29, 0.717) is 5.57 Å². The number of alkyl halides is 1. The van der Waals surface area contributed by atoms with Crippen molar-refractivity contribution in [3.05, 3.63) is 72.8 Å². The van der Waals surface area contributed by atoms with E-state index in [4.69, 9.17) is 25.5 Å². The lowest BCUT2D eigenvalue weighted by Crippen LogP contribution is -2.67. The van der Waals surface area contributed by atoms with Crippen LogP contribution in [0.25, 0.3) is 0 Å². The van der Waals surface area contributed by atoms with Gasteiger partial charge < -0.3 is 13.9 Å². The molecule has 1 heterocycles. The topological polar surface area (TPSA) is 65.1 Å². The zero-order chi connectivity index (χ0) is 29.1. The van der Waals surface area contributed by atoms with Crippen LogP contribution in [-0.2, 0) is 18.7 Å². The number of amides is 1. The van der Waals surface area contributed by atoms with Crippen LogP contribution < -0.4 is 10.4 Å². The smallest absolute Gasteiger partial charge is 0.411 e. The molecule has 39 heavy (non-hydrogen) atoms. The van der Waals surface area contributed by atoms with Gasteiger partial charge in [-0.15, -0.1) is 11.6 Å². The minimum absolute atomic E-state index is 0.154. The van der Waals surface area contributed by atoms with E-state index in [1.54, 1.807) is 20.8 Å². The predicted octanol–water partition coefficient (Wildman–Crippen LogP) is 5.67. The Bertz CT molecular complexity index is 1120. The first-order chi connectivity index (χ1) is 18.2. The van der Waals surface area contributed by atoms with Gasteiger partial charge in [-0.25, -0.2) is 9.59 Å². The molecule has 0 aliphatic carbocycles. The summed E-state index contributed by atoms with van der Waals surface area (Å²) in [5.74, 6) is -0.380. The molecule has 0 N–H and O–H groups in total. The van der Waals surface area contributed by atoms with Gasteiger partial charge in [-0.05, 0) is 36.2 Å². The quantitative estimate of drug-likeness (QED) is 0.177. The van der Waals surface area contributed by atoms with Crippen molar-refractivity contribution in [1.82, 2.24) is 4.90 Å². The third-order valence-corrected chi connectivity index (χ3v) is 12.6. The molecule has 2 atom stereocenters. The van der Waals surface area contributed by atoms with E-state index in [0.717, 1.165) is 10.4 Å². The molecule has 0 saturated carbocycles. The molecule has 1 amide bonds. The molecule has 1 unspecified atom stereocenters. The van der Waals surface area contributed by atoms with Crippen LogP contribution in [0.5, 0.6) is 0 Å². The standard InChI is InChI=1S/C31H42ClNO5Si/c1-23(21-32)19-31(27(34)36-8)20-24(22-33(31)28(35)37-29(2,3)4)38-39(30(5,6)7,25-15-11-9-12-16-25)26-17-13-10-14-18-26/h9-18,24H,1,19-22H2,2-8H3/t24-,31?/m0/s1. The third-order valence-electron chi connectivity index (χ3n) is 7.14. The van der Waals surface area contributed by atoms with E-state index in [1.165, 1.54) is 12.0 Å². The number of esters is 1. The van der Waals surface area contributed by atoms with Crippen LogP contribution in [0.1, 0.15) is 54.4 Å². The number of benzene rings is 2. The van der Waals surface area contributed by atoms with Crippen molar-refractivity contribution < 1.29 is 23.5 Å². The average molecular weight is 572 g/mol. The maximum absolute atomic E-state index is 13.6. The Balaban J connectivity index is 2.18. The molecule has 6 nitrogen and oxygen atoms in total. The van der Waals surface area contributed by atoms with Crippen LogP contribution in [0, 0.1) is 0 Å². The first-order valence-electron chi connectivity index (χ1n) is 13.3. The van der Waals surface area contributed by atoms with Gasteiger partial charge in [0.2, 0.25) is 0 Å². The van der Waals surface area contributed by atoms with Crippen LogP contribution in [0.4, 0.5) is 4.79 Å². The second-order valence-corrected chi connectivity index (χ2v) is 16.8. The molecule has 0 bridgehead atoms. The largest absolute Gasteiger partial charge is 0.467 e. The lowest BCUT2D eigenvalue weighted by molar-refractivity contribution is -0.153. The van der Waals surface area contributed by atoms with E-state index >= 15 is 0 Å². The van der Waals surface area contributed by atoms with Crippen molar-refractivity contribution in [1.29, 1.82) is 0 Å². The van der Waals surface area contributed by atoms with Crippen LogP contribution in [0.3, 0.4) is 0 Å². The predicted molar refractivity (Wildman–Crippen MR) is 159 cm³/mol. The van der Waals surface area contributed by atoms with Gasteiger partial charge in [0, 0.05) is 18.7 Å². The number of hydrogen-bond donors (Lipinski definition) is 0. The summed E-state index contributed by atoms with van der Waals surface area (Å²) in [6.07, 6.45) is -0.669. The molecular formula is C31H42ClNO5Si. The van der Waals surface area contributed by atoms with E-state index in [9.17, 15) is 9.59 Å². The van der Waals surface area contributed by atoms with Gasteiger partial charge in [-0.1, -0.05) is 93.6 Å². The second kappa shape index (κ2) is 11.9. The summed E-state index contributed by atoms with van der Waals surface area (Å²) in [6.45, 7) is 16.2. The summed E-state index contributed by atoms with van der Waals surface area (Å²) < 4.78 is 18.4. The molecule has 3 rings (SSSR count). The summed E-state index contributed by atoms with van der Waals surface area (Å²) in [4.78, 5) is 28.6. The zero-order valence-electron chi connectivity index (χ0n) is 24.3. The average Bonchev–Trinajstić information content (AvgIpc) is 3.24. The highest BCUT2D eigenvalue weighted by atomic mass is 35.5. The van der Waals surface area contributed by atoms with Gasteiger partial charge in [0.25, 0.3) is 8.32 Å². The summed E-state index contributed by atoms with van der Waals surface area (Å²) >= 11 is 6.13. The van der Waals surface area contributed by atoms with Crippen molar-refractivity contribution >= 4 is 42.4 Å². The molecule has 0 spiro atoms. The van der Waals surface area contributed by atoms with Crippen molar-refractivity contribution in [2.45, 2.75) is 76.7 Å². The van der Waals surface area contributed by atoms with Gasteiger partial charge in [0.05, 0.1) is 19.8 Å². The van der Waals surface area contributed by atoms with E-state index in [2.05, 4.69) is 51.6 Å². The Morgan fingerprint density at radius 2 is 1.51 bits per heavy atom. The number of nitrogens with zero attached hydrogens (tertiary/aromatic N) is 1. The van der Waals surface area contributed by atoms with Gasteiger partial charge in [-0.2, -0.15) is 0 Å². The normalized spacial score (nSPS) is 20.0. The van der Waals surface area contributed by atoms with Gasteiger partial charge >= 0.3 is 12.1 Å². The number of methoxy groups -OCH3 is 1. The maximum Gasteiger partial charge on any atom is 0.411 e. The lowest BCUT2D eigenvalue weighted by Gasteiger charge is -2.44. The van der Waals surface area contributed by atoms with E-state index in [-0.39, 0.29) is 30.3 Å². The molecule has 0 radical (unpaired) electrons. The lowest BCUT2D eigenvalue weighted by atomic mass is 9.88.